The van der Waals surface area contributed by atoms with Gasteiger partial charge in [0.15, 0.2) is 0 Å². The molecule has 6 rings (SSSR count). The molecular weight excluding hydrogens is 588 g/mol. The van der Waals surface area contributed by atoms with Crippen molar-refractivity contribution in [1.82, 2.24) is 0 Å². The van der Waals surface area contributed by atoms with Crippen LogP contribution in [0.2, 0.25) is 0 Å². The zero-order valence-electron chi connectivity index (χ0n) is 22.7. The Balaban J connectivity index is 1.60. The van der Waals surface area contributed by atoms with E-state index in [4.69, 9.17) is 23.7 Å². The summed E-state index contributed by atoms with van der Waals surface area (Å²) in [4.78, 5) is 0. The molecule has 0 aromatic heterocycles. The molecule has 0 saturated carbocycles. The van der Waals surface area contributed by atoms with Crippen molar-refractivity contribution < 1.29 is 33.9 Å². The number of phenolic OH excluding ortho intramolecular Hbond substituents is 2. The number of aromatic hydroxyl groups is 2. The Morgan fingerprint density at radius 1 is 0.780 bits per heavy atom. The van der Waals surface area contributed by atoms with E-state index < -0.39 is 12.2 Å². The molecular formula is C33H29BrO7. The fourth-order valence-electron chi connectivity index (χ4n) is 5.83. The highest BCUT2D eigenvalue weighted by atomic mass is 79.9. The van der Waals surface area contributed by atoms with Gasteiger partial charge in [0.2, 0.25) is 0 Å². The van der Waals surface area contributed by atoms with Crippen molar-refractivity contribution in [2.24, 2.45) is 5.92 Å². The Morgan fingerprint density at radius 2 is 1.49 bits per heavy atom. The van der Waals surface area contributed by atoms with Crippen molar-refractivity contribution in [3.05, 3.63) is 106 Å². The first kappa shape index (κ1) is 26.9. The van der Waals surface area contributed by atoms with Crippen molar-refractivity contribution in [2.75, 3.05) is 21.3 Å². The van der Waals surface area contributed by atoms with Gasteiger partial charge in [0.1, 0.15) is 56.9 Å². The van der Waals surface area contributed by atoms with Crippen LogP contribution in [0.5, 0.6) is 40.2 Å². The van der Waals surface area contributed by atoms with E-state index in [2.05, 4.69) is 28.1 Å². The van der Waals surface area contributed by atoms with Crippen LogP contribution in [0, 0.1) is 5.92 Å². The second-order valence-electron chi connectivity index (χ2n) is 9.94. The van der Waals surface area contributed by atoms with Gasteiger partial charge in [-0.25, -0.2) is 0 Å². The normalized spacial score (nSPS) is 20.7. The molecule has 0 radical (unpaired) electrons. The zero-order valence-corrected chi connectivity index (χ0v) is 24.3. The quantitative estimate of drug-likeness (QED) is 0.231. The van der Waals surface area contributed by atoms with E-state index in [-0.39, 0.29) is 23.3 Å². The van der Waals surface area contributed by atoms with E-state index in [9.17, 15) is 10.2 Å². The predicted octanol–water partition coefficient (Wildman–Crippen LogP) is 7.57. The molecule has 2 aliphatic rings. The molecule has 0 amide bonds. The Morgan fingerprint density at radius 3 is 2.17 bits per heavy atom. The summed E-state index contributed by atoms with van der Waals surface area (Å²) in [5, 5.41) is 21.3. The fraction of sp³-hybridized carbons (Fsp3) is 0.212. The third kappa shape index (κ3) is 4.72. The highest BCUT2D eigenvalue weighted by Gasteiger charge is 2.51. The topological polar surface area (TPSA) is 86.6 Å². The number of hydrogen-bond donors (Lipinski definition) is 2. The SMILES string of the molecule is COc1ccc(/C=C/[C@@H]2c3c(OC)cc(O)c(Br)c3O[C@H]3c4c(OC)cc(O)cc4O[C@H](c4ccccc4)[C@@H]23)cc1. The van der Waals surface area contributed by atoms with Gasteiger partial charge in [-0.2, -0.15) is 0 Å². The lowest BCUT2D eigenvalue weighted by Crippen LogP contribution is -2.39. The average Bonchev–Trinajstić information content (AvgIpc) is 3.00. The number of hydrogen-bond acceptors (Lipinski definition) is 7. The highest BCUT2D eigenvalue weighted by molar-refractivity contribution is 9.10. The summed E-state index contributed by atoms with van der Waals surface area (Å²) in [5.41, 5.74) is 3.42. The van der Waals surface area contributed by atoms with E-state index in [1.165, 1.54) is 0 Å². The molecule has 8 heteroatoms. The standard InChI is InChI=1S/C33H29BrO7/c1-37-21-12-9-18(10-13-21)11-14-22-27-25(39-3)17-23(36)30(34)33(27)41-32-28(22)31(19-7-5-4-6-8-19)40-26-16-20(35)15-24(38-2)29(26)32/h4-17,22,28,31-32,35-36H,1-3H3/b14-11+/t22-,28-,31-,32-/m1/s1. The van der Waals surface area contributed by atoms with Gasteiger partial charge in [-0.3, -0.25) is 0 Å². The molecule has 4 aromatic rings. The second-order valence-corrected chi connectivity index (χ2v) is 10.7. The van der Waals surface area contributed by atoms with Crippen LogP contribution in [0.15, 0.2) is 83.3 Å². The molecule has 0 spiro atoms. The van der Waals surface area contributed by atoms with Gasteiger partial charge in [0.25, 0.3) is 0 Å². The Kier molecular flexibility index (Phi) is 7.17. The first-order valence-corrected chi connectivity index (χ1v) is 13.9. The van der Waals surface area contributed by atoms with E-state index in [1.54, 1.807) is 39.5 Å². The summed E-state index contributed by atoms with van der Waals surface area (Å²) < 4.78 is 30.8. The van der Waals surface area contributed by atoms with E-state index in [1.807, 2.05) is 54.6 Å². The number of rotatable bonds is 6. The van der Waals surface area contributed by atoms with Crippen LogP contribution in [0.25, 0.3) is 6.08 Å². The van der Waals surface area contributed by atoms with Crippen LogP contribution in [-0.4, -0.2) is 31.5 Å². The van der Waals surface area contributed by atoms with Crippen LogP contribution >= 0.6 is 15.9 Å². The van der Waals surface area contributed by atoms with Gasteiger partial charge < -0.3 is 33.9 Å². The Labute approximate surface area is 246 Å². The number of benzene rings is 4. The van der Waals surface area contributed by atoms with Gasteiger partial charge >= 0.3 is 0 Å². The summed E-state index contributed by atoms with van der Waals surface area (Å²) in [6.45, 7) is 0. The maximum absolute atomic E-state index is 10.8. The molecule has 210 valence electrons. The summed E-state index contributed by atoms with van der Waals surface area (Å²) in [5.74, 6) is 2.13. The third-order valence-corrected chi connectivity index (χ3v) is 8.47. The first-order valence-electron chi connectivity index (χ1n) is 13.1. The van der Waals surface area contributed by atoms with Gasteiger partial charge in [-0.15, -0.1) is 0 Å². The van der Waals surface area contributed by atoms with Crippen molar-refractivity contribution in [3.8, 4) is 40.2 Å². The molecule has 4 atom stereocenters. The van der Waals surface area contributed by atoms with Crippen LogP contribution < -0.4 is 23.7 Å². The van der Waals surface area contributed by atoms with Crippen molar-refractivity contribution >= 4 is 22.0 Å². The van der Waals surface area contributed by atoms with E-state index in [0.29, 0.717) is 33.0 Å². The molecule has 0 saturated heterocycles. The number of halogens is 1. The minimum atomic E-state index is -0.555. The van der Waals surface area contributed by atoms with Gasteiger partial charge in [-0.05, 0) is 39.2 Å². The molecule has 0 unspecified atom stereocenters. The van der Waals surface area contributed by atoms with Gasteiger partial charge in [0.05, 0.1) is 32.8 Å². The van der Waals surface area contributed by atoms with Crippen molar-refractivity contribution in [2.45, 2.75) is 18.1 Å². The first-order chi connectivity index (χ1) is 19.9. The zero-order chi connectivity index (χ0) is 28.7. The fourth-order valence-corrected chi connectivity index (χ4v) is 6.25. The molecule has 7 nitrogen and oxygen atoms in total. The molecule has 0 aliphatic carbocycles. The lowest BCUT2D eigenvalue weighted by molar-refractivity contribution is -0.0111. The molecule has 2 heterocycles. The number of allylic oxidation sites excluding steroid dienone is 1. The van der Waals surface area contributed by atoms with Crippen LogP contribution in [-0.2, 0) is 0 Å². The largest absolute Gasteiger partial charge is 0.508 e. The number of methoxy groups -OCH3 is 3. The molecule has 2 aliphatic heterocycles. The average molecular weight is 617 g/mol. The second kappa shape index (κ2) is 10.9. The number of ether oxygens (including phenoxy) is 5. The predicted molar refractivity (Wildman–Crippen MR) is 158 cm³/mol. The third-order valence-electron chi connectivity index (χ3n) is 7.70. The maximum Gasteiger partial charge on any atom is 0.145 e. The maximum atomic E-state index is 10.8. The Bertz CT molecular complexity index is 1600. The highest BCUT2D eigenvalue weighted by Crippen LogP contribution is 2.62. The molecule has 41 heavy (non-hydrogen) atoms. The Hall–Kier alpha value is -4.30. The summed E-state index contributed by atoms with van der Waals surface area (Å²) in [6.07, 6.45) is 3.18. The van der Waals surface area contributed by atoms with E-state index >= 15 is 0 Å². The van der Waals surface area contributed by atoms with Crippen molar-refractivity contribution in [1.29, 1.82) is 0 Å². The van der Waals surface area contributed by atoms with Crippen LogP contribution in [0.3, 0.4) is 0 Å². The summed E-state index contributed by atoms with van der Waals surface area (Å²) in [7, 11) is 4.77. The lowest BCUT2D eigenvalue weighted by Gasteiger charge is -2.47. The van der Waals surface area contributed by atoms with Gasteiger partial charge in [-0.1, -0.05) is 54.6 Å². The smallest absolute Gasteiger partial charge is 0.145 e. The lowest BCUT2D eigenvalue weighted by atomic mass is 9.71. The molecule has 4 aromatic carbocycles. The van der Waals surface area contributed by atoms with Gasteiger partial charge in [0, 0.05) is 29.7 Å². The minimum absolute atomic E-state index is 0.00139. The number of fused-ring (bicyclic) bond motifs is 4. The summed E-state index contributed by atoms with van der Waals surface area (Å²) >= 11 is 3.56. The minimum Gasteiger partial charge on any atom is -0.508 e. The van der Waals surface area contributed by atoms with E-state index in [0.717, 1.165) is 22.4 Å². The monoisotopic (exact) mass is 616 g/mol. The van der Waals surface area contributed by atoms with Crippen LogP contribution in [0.1, 0.15) is 40.4 Å². The van der Waals surface area contributed by atoms with Crippen LogP contribution in [0.4, 0.5) is 0 Å². The molecule has 0 fully saturated rings. The summed E-state index contributed by atoms with van der Waals surface area (Å²) in [6, 6.07) is 22.5. The van der Waals surface area contributed by atoms with Crippen molar-refractivity contribution in [3.63, 3.8) is 0 Å². The molecule has 0 bridgehead atoms. The molecule has 2 N–H and O–H groups in total. The number of phenols is 2.